The molecule has 2 N–H and O–H groups in total. The minimum absolute atomic E-state index is 0.106. The minimum atomic E-state index is 0.106. The fourth-order valence-electron chi connectivity index (χ4n) is 2.49. The van der Waals surface area contributed by atoms with Crippen LogP contribution in [0, 0.1) is 5.41 Å². The lowest BCUT2D eigenvalue weighted by molar-refractivity contribution is 0.277. The van der Waals surface area contributed by atoms with E-state index in [9.17, 15) is 0 Å². The molecule has 1 aliphatic carbocycles. The van der Waals surface area contributed by atoms with Gasteiger partial charge in [-0.25, -0.2) is 9.97 Å². The van der Waals surface area contributed by atoms with Crippen LogP contribution in [0.15, 0.2) is 6.20 Å². The lowest BCUT2D eigenvalue weighted by atomic mass is 9.74. The maximum absolute atomic E-state index is 6.17. The summed E-state index contributed by atoms with van der Waals surface area (Å²) >= 11 is 0. The highest BCUT2D eigenvalue weighted by Gasteiger charge is 2.31. The lowest BCUT2D eigenvalue weighted by Gasteiger charge is -2.34. The van der Waals surface area contributed by atoms with E-state index in [0.717, 1.165) is 37.1 Å². The molecule has 1 atom stereocenters. The van der Waals surface area contributed by atoms with E-state index >= 15 is 0 Å². The van der Waals surface area contributed by atoms with Crippen LogP contribution < -0.4 is 5.73 Å². The van der Waals surface area contributed by atoms with E-state index in [2.05, 4.69) is 30.7 Å². The molecule has 0 spiro atoms. The Kier molecular flexibility index (Phi) is 2.98. The van der Waals surface area contributed by atoms with Gasteiger partial charge < -0.3 is 5.73 Å². The second kappa shape index (κ2) is 4.13. The number of nitrogens with two attached hydrogens (primary N) is 1. The van der Waals surface area contributed by atoms with Crippen molar-refractivity contribution in [3.63, 3.8) is 0 Å². The largest absolute Gasteiger partial charge is 0.324 e. The van der Waals surface area contributed by atoms with E-state index in [1.54, 1.807) is 0 Å². The minimum Gasteiger partial charge on any atom is -0.324 e. The quantitative estimate of drug-likeness (QED) is 0.831. The monoisotopic (exact) mass is 219 g/mol. The van der Waals surface area contributed by atoms with E-state index in [0.29, 0.717) is 0 Å². The first-order chi connectivity index (χ1) is 7.52. The van der Waals surface area contributed by atoms with Crippen molar-refractivity contribution in [1.29, 1.82) is 0 Å². The van der Waals surface area contributed by atoms with Gasteiger partial charge in [-0.15, -0.1) is 0 Å². The summed E-state index contributed by atoms with van der Waals surface area (Å²) in [6.07, 6.45) is 6.04. The van der Waals surface area contributed by atoms with Gasteiger partial charge >= 0.3 is 0 Å². The molecule has 16 heavy (non-hydrogen) atoms. The molecule has 88 valence electrons. The Morgan fingerprint density at radius 3 is 2.94 bits per heavy atom. The van der Waals surface area contributed by atoms with Crippen LogP contribution in [0.4, 0.5) is 0 Å². The number of fused-ring (bicyclic) bond motifs is 1. The zero-order valence-corrected chi connectivity index (χ0v) is 10.5. The van der Waals surface area contributed by atoms with Crippen LogP contribution in [-0.4, -0.2) is 9.97 Å². The van der Waals surface area contributed by atoms with Gasteiger partial charge in [-0.1, -0.05) is 20.8 Å². The van der Waals surface area contributed by atoms with Crippen molar-refractivity contribution in [2.45, 2.75) is 52.5 Å². The predicted octanol–water partition coefficient (Wildman–Crippen LogP) is 2.40. The molecule has 0 radical (unpaired) electrons. The molecule has 1 heterocycles. The molecule has 1 aromatic rings. The van der Waals surface area contributed by atoms with Crippen LogP contribution in [-0.2, 0) is 12.8 Å². The summed E-state index contributed by atoms with van der Waals surface area (Å²) < 4.78 is 0. The molecule has 0 amide bonds. The highest BCUT2D eigenvalue weighted by molar-refractivity contribution is 5.26. The van der Waals surface area contributed by atoms with Gasteiger partial charge in [0, 0.05) is 29.9 Å². The van der Waals surface area contributed by atoms with Gasteiger partial charge in [0.05, 0.1) is 0 Å². The Bertz CT molecular complexity index is 385. The number of rotatable bonds is 2. The zero-order valence-electron chi connectivity index (χ0n) is 10.5. The highest BCUT2D eigenvalue weighted by Crippen LogP contribution is 2.38. The van der Waals surface area contributed by atoms with Crippen molar-refractivity contribution < 1.29 is 0 Å². The molecule has 2 rings (SSSR count). The molecule has 0 saturated heterocycles. The number of aryl methyl sites for hydroxylation is 1. The average molecular weight is 219 g/mol. The first-order valence-electron chi connectivity index (χ1n) is 6.12. The summed E-state index contributed by atoms with van der Waals surface area (Å²) in [6.45, 7) is 6.67. The first kappa shape index (κ1) is 11.5. The fraction of sp³-hybridized carbons (Fsp3) is 0.692. The summed E-state index contributed by atoms with van der Waals surface area (Å²) in [6, 6.07) is 0.106. The van der Waals surface area contributed by atoms with Crippen molar-refractivity contribution in [1.82, 2.24) is 9.97 Å². The van der Waals surface area contributed by atoms with Crippen molar-refractivity contribution in [2.24, 2.45) is 11.1 Å². The van der Waals surface area contributed by atoms with Gasteiger partial charge in [0.25, 0.3) is 0 Å². The topological polar surface area (TPSA) is 51.8 Å². The highest BCUT2D eigenvalue weighted by atomic mass is 14.9. The van der Waals surface area contributed by atoms with Crippen molar-refractivity contribution >= 4 is 0 Å². The number of hydrogen-bond acceptors (Lipinski definition) is 3. The van der Waals surface area contributed by atoms with E-state index in [4.69, 9.17) is 5.73 Å². The van der Waals surface area contributed by atoms with E-state index in [-0.39, 0.29) is 11.5 Å². The standard InChI is InChI=1S/C13H21N3/c1-4-5-12-15-8-9-10(14)6-13(2,3)7-11(9)16-12/h8,10H,4-7,14H2,1-3H3. The molecule has 0 fully saturated rings. The van der Waals surface area contributed by atoms with Crippen molar-refractivity contribution in [3.8, 4) is 0 Å². The third-order valence-corrected chi connectivity index (χ3v) is 3.24. The van der Waals surface area contributed by atoms with Gasteiger partial charge in [0.2, 0.25) is 0 Å². The summed E-state index contributed by atoms with van der Waals surface area (Å²) in [5.41, 5.74) is 8.75. The molecule has 1 aromatic heterocycles. The van der Waals surface area contributed by atoms with Gasteiger partial charge in [-0.2, -0.15) is 0 Å². The molecule has 1 unspecified atom stereocenters. The third-order valence-electron chi connectivity index (χ3n) is 3.24. The van der Waals surface area contributed by atoms with Crippen LogP contribution >= 0.6 is 0 Å². The first-order valence-corrected chi connectivity index (χ1v) is 6.12. The number of nitrogens with zero attached hydrogens (tertiary/aromatic N) is 2. The average Bonchev–Trinajstić information content (AvgIpc) is 2.15. The van der Waals surface area contributed by atoms with Gasteiger partial charge in [0.1, 0.15) is 5.82 Å². The second-order valence-corrected chi connectivity index (χ2v) is 5.59. The van der Waals surface area contributed by atoms with E-state index < -0.39 is 0 Å². The molecule has 1 aliphatic rings. The van der Waals surface area contributed by atoms with Gasteiger partial charge in [-0.05, 0) is 24.7 Å². The van der Waals surface area contributed by atoms with Crippen LogP contribution in [0.5, 0.6) is 0 Å². The molecular formula is C13H21N3. The normalized spacial score (nSPS) is 22.9. The molecule has 0 aromatic carbocycles. The Morgan fingerprint density at radius 2 is 2.25 bits per heavy atom. The summed E-state index contributed by atoms with van der Waals surface area (Å²) in [5, 5.41) is 0. The number of hydrogen-bond donors (Lipinski definition) is 1. The Labute approximate surface area is 97.5 Å². The smallest absolute Gasteiger partial charge is 0.128 e. The maximum atomic E-state index is 6.17. The Hall–Kier alpha value is -0.960. The van der Waals surface area contributed by atoms with Crippen LogP contribution in [0.2, 0.25) is 0 Å². The lowest BCUT2D eigenvalue weighted by Crippen LogP contribution is -2.31. The van der Waals surface area contributed by atoms with Gasteiger partial charge in [0.15, 0.2) is 0 Å². The summed E-state index contributed by atoms with van der Waals surface area (Å²) in [7, 11) is 0. The molecule has 0 aliphatic heterocycles. The predicted molar refractivity (Wildman–Crippen MR) is 65.1 cm³/mol. The van der Waals surface area contributed by atoms with Gasteiger partial charge in [-0.3, -0.25) is 0 Å². The second-order valence-electron chi connectivity index (χ2n) is 5.59. The molecule has 3 nitrogen and oxygen atoms in total. The van der Waals surface area contributed by atoms with Crippen molar-refractivity contribution in [3.05, 3.63) is 23.3 Å². The molecule has 0 saturated carbocycles. The fourth-order valence-corrected chi connectivity index (χ4v) is 2.49. The summed E-state index contributed by atoms with van der Waals surface area (Å²) in [4.78, 5) is 9.05. The van der Waals surface area contributed by atoms with Crippen LogP contribution in [0.25, 0.3) is 0 Å². The van der Waals surface area contributed by atoms with Crippen LogP contribution in [0.3, 0.4) is 0 Å². The van der Waals surface area contributed by atoms with E-state index in [1.807, 2.05) is 6.20 Å². The molecule has 3 heteroatoms. The molecular weight excluding hydrogens is 198 g/mol. The Morgan fingerprint density at radius 1 is 1.50 bits per heavy atom. The summed E-state index contributed by atoms with van der Waals surface area (Å²) in [5.74, 6) is 0.964. The zero-order chi connectivity index (χ0) is 11.8. The van der Waals surface area contributed by atoms with Crippen molar-refractivity contribution in [2.75, 3.05) is 0 Å². The third kappa shape index (κ3) is 2.24. The maximum Gasteiger partial charge on any atom is 0.128 e. The number of aromatic nitrogens is 2. The Balaban J connectivity index is 2.34. The SMILES string of the molecule is CCCc1ncc2c(n1)CC(C)(C)CC2N. The van der Waals surface area contributed by atoms with Crippen LogP contribution in [0.1, 0.15) is 56.7 Å². The molecule has 0 bridgehead atoms. The van der Waals surface area contributed by atoms with E-state index in [1.165, 1.54) is 5.69 Å².